The van der Waals surface area contributed by atoms with Gasteiger partial charge in [-0.3, -0.25) is 9.59 Å². The Morgan fingerprint density at radius 1 is 1.00 bits per heavy atom. The Morgan fingerprint density at radius 3 is 2.36 bits per heavy atom. The highest BCUT2D eigenvalue weighted by Crippen LogP contribution is 2.32. The van der Waals surface area contributed by atoms with E-state index in [2.05, 4.69) is 31.2 Å². The normalized spacial score (nSPS) is 12.8. The molecule has 170 valence electrons. The fourth-order valence-corrected chi connectivity index (χ4v) is 3.10. The van der Waals surface area contributed by atoms with Crippen molar-refractivity contribution in [2.24, 2.45) is 5.92 Å². The molecule has 33 heavy (non-hydrogen) atoms. The van der Waals surface area contributed by atoms with Crippen LogP contribution in [0.2, 0.25) is 0 Å². The van der Waals surface area contributed by atoms with E-state index in [0.717, 1.165) is 19.0 Å². The van der Waals surface area contributed by atoms with Crippen molar-refractivity contribution in [1.82, 2.24) is 15.3 Å². The summed E-state index contributed by atoms with van der Waals surface area (Å²) in [5, 5.41) is 11.7. The first kappa shape index (κ1) is 22.2. The molecule has 8 nitrogen and oxygen atoms in total. The van der Waals surface area contributed by atoms with Crippen molar-refractivity contribution in [2.75, 3.05) is 16.0 Å². The Kier molecular flexibility index (Phi) is 6.48. The minimum absolute atomic E-state index is 0.0337. The number of aromatic nitrogens is 2. The van der Waals surface area contributed by atoms with Gasteiger partial charge in [-0.1, -0.05) is 12.1 Å². The van der Waals surface area contributed by atoms with Gasteiger partial charge in [-0.25, -0.2) is 9.37 Å². The van der Waals surface area contributed by atoms with E-state index in [9.17, 15) is 14.0 Å². The molecule has 3 aromatic rings. The number of nitrogens with zero attached hydrogens (tertiary/aromatic N) is 2. The number of anilines is 5. The van der Waals surface area contributed by atoms with Crippen LogP contribution in [0.5, 0.6) is 0 Å². The minimum atomic E-state index is -0.635. The van der Waals surface area contributed by atoms with Crippen molar-refractivity contribution >= 4 is 40.6 Å². The number of hydrogen-bond acceptors (Lipinski definition) is 6. The molecule has 4 rings (SSSR count). The first-order chi connectivity index (χ1) is 15.9. The van der Waals surface area contributed by atoms with E-state index in [4.69, 9.17) is 0 Å². The average Bonchev–Trinajstić information content (AvgIpc) is 3.63. The van der Waals surface area contributed by atoms with Crippen LogP contribution in [-0.4, -0.2) is 27.8 Å². The molecule has 0 atom stereocenters. The molecule has 0 bridgehead atoms. The highest BCUT2D eigenvalue weighted by Gasteiger charge is 2.30. The highest BCUT2D eigenvalue weighted by atomic mass is 19.1. The Balaban J connectivity index is 1.47. The Bertz CT molecular complexity index is 1160. The maximum atomic E-state index is 14.4. The number of halogens is 1. The third-order valence-electron chi connectivity index (χ3n) is 4.95. The lowest BCUT2D eigenvalue weighted by molar-refractivity contribution is -0.117. The summed E-state index contributed by atoms with van der Waals surface area (Å²) in [6.07, 6.45) is 2.84. The molecular weight excluding hydrogens is 423 g/mol. The molecule has 2 aromatic carbocycles. The third kappa shape index (κ3) is 5.82. The number of rotatable bonds is 8. The van der Waals surface area contributed by atoms with Gasteiger partial charge in [0.05, 0.1) is 17.6 Å². The van der Waals surface area contributed by atoms with Gasteiger partial charge in [0.25, 0.3) is 5.91 Å². The van der Waals surface area contributed by atoms with Crippen LogP contribution in [-0.2, 0) is 4.79 Å². The van der Waals surface area contributed by atoms with Crippen molar-refractivity contribution in [1.29, 1.82) is 0 Å². The van der Waals surface area contributed by atoms with Crippen molar-refractivity contribution in [3.63, 3.8) is 0 Å². The van der Waals surface area contributed by atoms with Gasteiger partial charge in [0, 0.05) is 23.2 Å². The fraction of sp³-hybridized carbons (Fsp3) is 0.250. The van der Waals surface area contributed by atoms with E-state index in [1.165, 1.54) is 0 Å². The summed E-state index contributed by atoms with van der Waals surface area (Å²) in [6.45, 7) is 3.79. The summed E-state index contributed by atoms with van der Waals surface area (Å²) in [6, 6.07) is 13.9. The van der Waals surface area contributed by atoms with Gasteiger partial charge >= 0.3 is 0 Å². The molecule has 4 N–H and O–H groups in total. The van der Waals surface area contributed by atoms with Crippen LogP contribution in [0, 0.1) is 11.7 Å². The predicted molar refractivity (Wildman–Crippen MR) is 125 cm³/mol. The summed E-state index contributed by atoms with van der Waals surface area (Å²) in [5.41, 5.74) is 2.25. The van der Waals surface area contributed by atoms with Crippen LogP contribution in [0.1, 0.15) is 37.0 Å². The number of carbonyl (C=O) groups excluding carboxylic acids is 2. The topological polar surface area (TPSA) is 108 Å². The lowest BCUT2D eigenvalue weighted by Crippen LogP contribution is -2.29. The molecule has 1 aliphatic rings. The molecule has 1 heterocycles. The predicted octanol–water partition coefficient (Wildman–Crippen LogP) is 4.59. The van der Waals surface area contributed by atoms with E-state index in [1.54, 1.807) is 48.5 Å². The quantitative estimate of drug-likeness (QED) is 0.401. The van der Waals surface area contributed by atoms with Crippen LogP contribution in [0.4, 0.5) is 33.2 Å². The molecule has 0 saturated heterocycles. The summed E-state index contributed by atoms with van der Waals surface area (Å²) in [4.78, 5) is 32.4. The molecule has 1 saturated carbocycles. The van der Waals surface area contributed by atoms with Crippen LogP contribution in [0.15, 0.2) is 54.7 Å². The third-order valence-corrected chi connectivity index (χ3v) is 4.95. The van der Waals surface area contributed by atoms with E-state index < -0.39 is 5.82 Å². The molecule has 0 spiro atoms. The summed E-state index contributed by atoms with van der Waals surface area (Å²) < 4.78 is 14.4. The van der Waals surface area contributed by atoms with Crippen molar-refractivity contribution in [2.45, 2.75) is 32.7 Å². The number of benzene rings is 2. The number of nitrogens with one attached hydrogen (secondary N) is 4. The number of hydrogen-bond donors (Lipinski definition) is 4. The van der Waals surface area contributed by atoms with Gasteiger partial charge in [0.1, 0.15) is 0 Å². The largest absolute Gasteiger partial charge is 0.350 e. The zero-order valence-electron chi connectivity index (χ0n) is 18.4. The lowest BCUT2D eigenvalue weighted by atomic mass is 10.2. The standard InChI is InChI=1S/C24H25FN6O2/c1-14(2)27-22(32)16-9-11-17(12-10-16)28-24-26-13-18(25)21(31-24)29-19-5-3-4-6-20(19)30-23(33)15-7-8-15/h3-6,9-15H,7-8H2,1-2H3,(H,27,32)(H,30,33)(H2,26,28,29,31). The number of carbonyl (C=O) groups is 2. The van der Waals surface area contributed by atoms with Gasteiger partial charge in [0.15, 0.2) is 11.6 Å². The minimum Gasteiger partial charge on any atom is -0.350 e. The molecule has 2 amide bonds. The van der Waals surface area contributed by atoms with E-state index in [1.807, 2.05) is 13.8 Å². The van der Waals surface area contributed by atoms with E-state index >= 15 is 0 Å². The van der Waals surface area contributed by atoms with Crippen LogP contribution >= 0.6 is 0 Å². The van der Waals surface area contributed by atoms with Crippen molar-refractivity contribution < 1.29 is 14.0 Å². The average molecular weight is 449 g/mol. The zero-order valence-corrected chi connectivity index (χ0v) is 18.4. The second-order valence-electron chi connectivity index (χ2n) is 8.15. The zero-order chi connectivity index (χ0) is 23.4. The number of amides is 2. The Hall–Kier alpha value is -4.01. The molecule has 1 aromatic heterocycles. The lowest BCUT2D eigenvalue weighted by Gasteiger charge is -2.14. The van der Waals surface area contributed by atoms with Crippen molar-refractivity contribution in [3.05, 3.63) is 66.1 Å². The molecule has 9 heteroatoms. The molecule has 1 fully saturated rings. The van der Waals surface area contributed by atoms with Gasteiger partial charge in [-0.15, -0.1) is 0 Å². The Labute approximate surface area is 191 Å². The summed E-state index contributed by atoms with van der Waals surface area (Å²) >= 11 is 0. The van der Waals surface area contributed by atoms with Crippen molar-refractivity contribution in [3.8, 4) is 0 Å². The second kappa shape index (κ2) is 9.64. The Morgan fingerprint density at radius 2 is 1.70 bits per heavy atom. The van der Waals surface area contributed by atoms with Crippen LogP contribution in [0.25, 0.3) is 0 Å². The van der Waals surface area contributed by atoms with Crippen LogP contribution in [0.3, 0.4) is 0 Å². The molecule has 1 aliphatic carbocycles. The maximum Gasteiger partial charge on any atom is 0.251 e. The molecule has 0 aliphatic heterocycles. The fourth-order valence-electron chi connectivity index (χ4n) is 3.10. The summed E-state index contributed by atoms with van der Waals surface area (Å²) in [7, 11) is 0. The first-order valence-electron chi connectivity index (χ1n) is 10.8. The molecule has 0 radical (unpaired) electrons. The van der Waals surface area contributed by atoms with Gasteiger partial charge in [-0.2, -0.15) is 4.98 Å². The van der Waals surface area contributed by atoms with Crippen LogP contribution < -0.4 is 21.3 Å². The monoisotopic (exact) mass is 448 g/mol. The SMILES string of the molecule is CC(C)NC(=O)c1ccc(Nc2ncc(F)c(Nc3ccccc3NC(=O)C3CC3)n2)cc1. The highest BCUT2D eigenvalue weighted by molar-refractivity contribution is 5.97. The van der Waals surface area contributed by atoms with Gasteiger partial charge < -0.3 is 21.3 Å². The van der Waals surface area contributed by atoms with E-state index in [0.29, 0.717) is 22.6 Å². The van der Waals surface area contributed by atoms with Gasteiger partial charge in [-0.05, 0) is 63.1 Å². The second-order valence-corrected chi connectivity index (χ2v) is 8.15. The molecular formula is C24H25FN6O2. The van der Waals surface area contributed by atoms with Gasteiger partial charge in [0.2, 0.25) is 11.9 Å². The molecule has 0 unspecified atom stereocenters. The first-order valence-corrected chi connectivity index (χ1v) is 10.8. The van der Waals surface area contributed by atoms with E-state index in [-0.39, 0.29) is 35.5 Å². The number of para-hydroxylation sites is 2. The smallest absolute Gasteiger partial charge is 0.251 e. The summed E-state index contributed by atoms with van der Waals surface area (Å²) in [5.74, 6) is -0.641. The maximum absolute atomic E-state index is 14.4.